The minimum absolute atomic E-state index is 0. The predicted molar refractivity (Wildman–Crippen MR) is 168 cm³/mol. The van der Waals surface area contributed by atoms with Crippen LogP contribution in [0, 0.1) is 0 Å². The van der Waals surface area contributed by atoms with E-state index >= 15 is 0 Å². The summed E-state index contributed by atoms with van der Waals surface area (Å²) in [6.45, 7) is 7.64. The number of halogens is 1. The molecule has 0 spiro atoms. The van der Waals surface area contributed by atoms with Crippen molar-refractivity contribution in [2.45, 2.75) is 5.23 Å². The molecule has 1 fully saturated rings. The molecular formula is C33H43ClN4Ti. The van der Waals surface area contributed by atoms with E-state index in [1.165, 1.54) is 15.5 Å². The van der Waals surface area contributed by atoms with Crippen LogP contribution >= 0.6 is 12.4 Å². The second kappa shape index (κ2) is 12.5. The van der Waals surface area contributed by atoms with Crippen LogP contribution in [0.3, 0.4) is 0 Å². The Morgan fingerprint density at radius 3 is 0.974 bits per heavy atom. The van der Waals surface area contributed by atoms with Gasteiger partial charge >= 0.3 is 228 Å². The van der Waals surface area contributed by atoms with Gasteiger partial charge in [0.25, 0.3) is 0 Å². The Morgan fingerprint density at radius 2 is 0.692 bits per heavy atom. The average Bonchev–Trinajstić information content (AvgIpc) is 2.99. The molecule has 0 radical (unpaired) electrons. The minimum atomic E-state index is -5.14. The van der Waals surface area contributed by atoms with Crippen molar-refractivity contribution in [3.63, 3.8) is 0 Å². The number of hydrogen-bond donors (Lipinski definition) is 3. The second-order valence-corrected chi connectivity index (χ2v) is 23.3. The fourth-order valence-electron chi connectivity index (χ4n) is 7.39. The van der Waals surface area contributed by atoms with Gasteiger partial charge in [0, 0.05) is 0 Å². The number of hydrogen-bond acceptors (Lipinski definition) is 4. The number of nitrogens with zero attached hydrogens (tertiary/aromatic N) is 1. The Kier molecular flexibility index (Phi) is 9.51. The molecule has 0 atom stereocenters. The molecule has 4 aromatic rings. The van der Waals surface area contributed by atoms with Gasteiger partial charge in [-0.15, -0.1) is 12.4 Å². The Morgan fingerprint density at radius 1 is 0.436 bits per heavy atom. The van der Waals surface area contributed by atoms with Crippen LogP contribution in [-0.2, 0) is 14.3 Å². The van der Waals surface area contributed by atoms with Crippen LogP contribution < -0.4 is 31.4 Å². The van der Waals surface area contributed by atoms with Gasteiger partial charge in [0.1, 0.15) is 0 Å². The fraction of sp³-hybridized carbons (Fsp3) is 0.273. The van der Waals surface area contributed by atoms with E-state index in [0.29, 0.717) is 0 Å². The van der Waals surface area contributed by atoms with E-state index in [1.54, 1.807) is 0 Å². The van der Waals surface area contributed by atoms with Crippen molar-refractivity contribution in [1.82, 2.24) is 19.3 Å². The van der Waals surface area contributed by atoms with Crippen LogP contribution in [0.25, 0.3) is 0 Å². The van der Waals surface area contributed by atoms with E-state index in [4.69, 9.17) is 0 Å². The third kappa shape index (κ3) is 4.63. The van der Waals surface area contributed by atoms with Gasteiger partial charge < -0.3 is 0 Å². The molecule has 0 amide bonds. The first-order chi connectivity index (χ1) is 18.7. The Labute approximate surface area is 239 Å². The molecule has 0 bridgehead atoms. The van der Waals surface area contributed by atoms with Crippen molar-refractivity contribution in [3.8, 4) is 0 Å². The van der Waals surface area contributed by atoms with Crippen LogP contribution in [0.1, 0.15) is 0 Å². The van der Waals surface area contributed by atoms with Crippen LogP contribution in [-0.4, -0.2) is 55.7 Å². The predicted octanol–water partition coefficient (Wildman–Crippen LogP) is 2.98. The molecule has 1 saturated heterocycles. The van der Waals surface area contributed by atoms with Gasteiger partial charge in [-0.1, -0.05) is 0 Å². The van der Waals surface area contributed by atoms with E-state index in [-0.39, 0.29) is 12.4 Å². The van der Waals surface area contributed by atoms with Gasteiger partial charge in [-0.25, -0.2) is 0 Å². The van der Waals surface area contributed by atoms with Crippen LogP contribution in [0.2, 0.25) is 5.23 Å². The molecule has 0 aromatic heterocycles. The summed E-state index contributed by atoms with van der Waals surface area (Å²) >= 11 is -5.14. The van der Waals surface area contributed by atoms with E-state index in [2.05, 4.69) is 146 Å². The Hall–Kier alpha value is -2.28. The number of nitrogens with one attached hydrogen (secondary N) is 3. The standard InChI is InChI=1S/C8H19N4.4C6H5.CH3.ClH.Ti/c1-2-10-5-6-12-8-7-11-4-3-9-1;4*1-2-4-6-5-3-1;;;/h9-11H,1-8H2;4*1-5H;1H3;1H;/q-1;;;;;;;+1. The first kappa shape index (κ1) is 29.7. The number of rotatable bonds is 5. The van der Waals surface area contributed by atoms with Crippen LogP contribution in [0.4, 0.5) is 0 Å². The van der Waals surface area contributed by atoms with Gasteiger partial charge in [-0.05, 0) is 0 Å². The van der Waals surface area contributed by atoms with Gasteiger partial charge in [0.2, 0.25) is 0 Å². The van der Waals surface area contributed by atoms with E-state index in [0.717, 1.165) is 52.4 Å². The van der Waals surface area contributed by atoms with E-state index < -0.39 is 14.3 Å². The summed E-state index contributed by atoms with van der Waals surface area (Å²) in [6.07, 6.45) is 0. The summed E-state index contributed by atoms with van der Waals surface area (Å²) in [4.78, 5) is 0. The van der Waals surface area contributed by atoms with Crippen molar-refractivity contribution in [2.24, 2.45) is 0 Å². The molecular weight excluding hydrogens is 536 g/mol. The monoisotopic (exact) mass is 578 g/mol. The summed E-state index contributed by atoms with van der Waals surface area (Å²) < 4.78 is 8.61. The molecule has 4 aromatic carbocycles. The SMILES string of the molecule is Cl.[CH3][Ti]([c]1ccccc1)([c]1ccccc1)([c]1ccccc1)([c]1ccccc1)[N]1CCNCCNCCNCC1. The van der Waals surface area contributed by atoms with Gasteiger partial charge in [-0.2, -0.15) is 0 Å². The molecule has 0 aliphatic carbocycles. The van der Waals surface area contributed by atoms with Crippen molar-refractivity contribution in [3.05, 3.63) is 121 Å². The molecule has 0 saturated carbocycles. The van der Waals surface area contributed by atoms with Gasteiger partial charge in [0.15, 0.2) is 0 Å². The fourth-order valence-corrected chi connectivity index (χ4v) is 22.6. The average molecular weight is 579 g/mol. The van der Waals surface area contributed by atoms with Crippen molar-refractivity contribution in [2.75, 3.05) is 52.4 Å². The normalized spacial score (nSPS) is 17.9. The Balaban J connectivity index is 0.00000353. The third-order valence-corrected chi connectivity index (χ3v) is 25.9. The zero-order chi connectivity index (χ0) is 26.2. The summed E-state index contributed by atoms with van der Waals surface area (Å²) in [5.74, 6) is 0. The molecule has 6 heteroatoms. The molecule has 0 unspecified atom stereocenters. The number of benzene rings is 4. The van der Waals surface area contributed by atoms with Crippen molar-refractivity contribution in [1.29, 1.82) is 0 Å². The Bertz CT molecular complexity index is 1120. The topological polar surface area (TPSA) is 39.3 Å². The molecule has 1 heterocycles. The van der Waals surface area contributed by atoms with Gasteiger partial charge in [-0.3, -0.25) is 0 Å². The van der Waals surface area contributed by atoms with Crippen molar-refractivity contribution < 1.29 is 14.3 Å². The molecule has 1 aliphatic rings. The van der Waals surface area contributed by atoms with Gasteiger partial charge in [0.05, 0.1) is 0 Å². The summed E-state index contributed by atoms with van der Waals surface area (Å²) in [5.41, 5.74) is 0. The summed E-state index contributed by atoms with van der Waals surface area (Å²) in [6, 6.07) is 45.7. The van der Waals surface area contributed by atoms with Crippen molar-refractivity contribution >= 4 is 27.9 Å². The molecule has 1 aliphatic heterocycles. The van der Waals surface area contributed by atoms with Crippen LogP contribution in [0.5, 0.6) is 0 Å². The zero-order valence-electron chi connectivity index (χ0n) is 23.1. The molecule has 39 heavy (non-hydrogen) atoms. The second-order valence-electron chi connectivity index (χ2n) is 11.1. The summed E-state index contributed by atoms with van der Waals surface area (Å²) in [7, 11) is 0. The quantitative estimate of drug-likeness (QED) is 0.319. The van der Waals surface area contributed by atoms with E-state index in [9.17, 15) is 0 Å². The van der Waals surface area contributed by atoms with E-state index in [1.807, 2.05) is 0 Å². The zero-order valence-corrected chi connectivity index (χ0v) is 25.4. The molecule has 4 nitrogen and oxygen atoms in total. The molecule has 5 rings (SSSR count). The first-order valence-corrected chi connectivity index (χ1v) is 19.5. The van der Waals surface area contributed by atoms with Crippen LogP contribution in [0.15, 0.2) is 121 Å². The molecule has 3 N–H and O–H groups in total. The maximum absolute atomic E-state index is 5.14. The summed E-state index contributed by atoms with van der Waals surface area (Å²) in [5, 5.41) is 13.7. The third-order valence-electron chi connectivity index (χ3n) is 9.52. The first-order valence-electron chi connectivity index (χ1n) is 14.1. The molecule has 206 valence electrons. The maximum atomic E-state index is 3.75.